The standard InChI is InChI=1S/C32H32N6O4/c39-27-24-7-3-11-36(24)28(40)23(34-27)13-17-16-33-22-14-18(9-10-19(17)22)32-15-26-29(41)37-12-4-8-25(37)30(42)38(26)31(32)35-21-6-2-1-5-20(21)32/h1-2,5-6,9-10,14,16,23-26,31,33,35H,3-4,7-8,11-13,15H2,(H,34,39)/t23-,24-,25-,26-,31-,32+/m1/s1. The number of benzene rings is 2. The fraction of sp³-hybridized carbons (Fsp3) is 0.438. The van der Waals surface area contributed by atoms with Crippen LogP contribution in [-0.2, 0) is 31.0 Å². The van der Waals surface area contributed by atoms with E-state index in [0.29, 0.717) is 25.9 Å². The molecule has 3 N–H and O–H groups in total. The number of H-pyrrole nitrogens is 1. The number of para-hydroxylation sites is 1. The molecule has 10 nitrogen and oxygen atoms in total. The SMILES string of the molecule is O=C1N[C@H](Cc2c[nH]c3cc([C@]45C[C@@H]6C(=O)N7CCC[C@@H]7C(=O)N6[C@H]4Nc4ccccc45)ccc23)C(=O)N2CCC[C@H]12. The average molecular weight is 565 g/mol. The van der Waals surface area contributed by atoms with Crippen molar-refractivity contribution < 1.29 is 19.2 Å². The maximum absolute atomic E-state index is 13.8. The van der Waals surface area contributed by atoms with Crippen LogP contribution in [0.4, 0.5) is 5.69 Å². The zero-order valence-corrected chi connectivity index (χ0v) is 23.1. The van der Waals surface area contributed by atoms with Crippen molar-refractivity contribution in [3.8, 4) is 0 Å². The van der Waals surface area contributed by atoms with Gasteiger partial charge in [-0.05, 0) is 60.9 Å². The minimum atomic E-state index is -0.579. The van der Waals surface area contributed by atoms with Gasteiger partial charge in [-0.3, -0.25) is 19.2 Å². The van der Waals surface area contributed by atoms with Crippen molar-refractivity contribution in [3.63, 3.8) is 0 Å². The molecule has 0 spiro atoms. The summed E-state index contributed by atoms with van der Waals surface area (Å²) in [7, 11) is 0. The second-order valence-electron chi connectivity index (χ2n) is 12.7. The lowest BCUT2D eigenvalue weighted by Crippen LogP contribution is -2.63. The van der Waals surface area contributed by atoms with Crippen LogP contribution in [0.5, 0.6) is 0 Å². The summed E-state index contributed by atoms with van der Waals surface area (Å²) in [5.41, 5.74) is 4.46. The molecule has 0 aliphatic carbocycles. The molecule has 7 heterocycles. The van der Waals surface area contributed by atoms with Gasteiger partial charge >= 0.3 is 0 Å². The van der Waals surface area contributed by atoms with E-state index in [4.69, 9.17) is 0 Å². The van der Waals surface area contributed by atoms with E-state index in [-0.39, 0.29) is 41.9 Å². The second kappa shape index (κ2) is 8.36. The Bertz CT molecular complexity index is 1720. The maximum Gasteiger partial charge on any atom is 0.247 e. The topological polar surface area (TPSA) is 118 Å². The summed E-state index contributed by atoms with van der Waals surface area (Å²) in [4.78, 5) is 62.2. The van der Waals surface area contributed by atoms with Crippen LogP contribution in [0, 0.1) is 0 Å². The summed E-state index contributed by atoms with van der Waals surface area (Å²) in [6.07, 6.45) is 5.70. The monoisotopic (exact) mass is 564 g/mol. The number of nitrogens with one attached hydrogen (secondary N) is 3. The highest BCUT2D eigenvalue weighted by atomic mass is 16.2. The molecule has 0 saturated carbocycles. The number of aromatic amines is 1. The first-order chi connectivity index (χ1) is 20.5. The van der Waals surface area contributed by atoms with Crippen LogP contribution < -0.4 is 10.6 Å². The summed E-state index contributed by atoms with van der Waals surface area (Å²) in [6.45, 7) is 1.30. The largest absolute Gasteiger partial charge is 0.364 e. The Labute approximate surface area is 242 Å². The van der Waals surface area contributed by atoms with Crippen molar-refractivity contribution in [1.82, 2.24) is 25.0 Å². The van der Waals surface area contributed by atoms with Gasteiger partial charge in [0.25, 0.3) is 0 Å². The van der Waals surface area contributed by atoms with Crippen molar-refractivity contribution in [3.05, 3.63) is 65.4 Å². The highest BCUT2D eigenvalue weighted by Crippen LogP contribution is 2.56. The molecule has 4 amide bonds. The van der Waals surface area contributed by atoms with Crippen LogP contribution in [0.15, 0.2) is 48.7 Å². The third-order valence-corrected chi connectivity index (χ3v) is 10.8. The first-order valence-corrected chi connectivity index (χ1v) is 15.2. The zero-order valence-electron chi connectivity index (χ0n) is 23.1. The molecule has 10 heteroatoms. The molecule has 2 aromatic carbocycles. The molecule has 1 aromatic heterocycles. The summed E-state index contributed by atoms with van der Waals surface area (Å²) in [6, 6.07) is 12.8. The second-order valence-corrected chi connectivity index (χ2v) is 12.7. The third-order valence-electron chi connectivity index (χ3n) is 10.8. The van der Waals surface area contributed by atoms with Gasteiger partial charge in [0.15, 0.2) is 0 Å². The minimum absolute atomic E-state index is 0.00381. The molecule has 0 bridgehead atoms. The Morgan fingerprint density at radius 3 is 2.48 bits per heavy atom. The van der Waals surface area contributed by atoms with Gasteiger partial charge in [-0.2, -0.15) is 0 Å². The fourth-order valence-electron chi connectivity index (χ4n) is 8.92. The molecule has 3 aromatic rings. The van der Waals surface area contributed by atoms with Gasteiger partial charge in [0.2, 0.25) is 23.6 Å². The van der Waals surface area contributed by atoms with E-state index < -0.39 is 17.5 Å². The molecular weight excluding hydrogens is 532 g/mol. The van der Waals surface area contributed by atoms with E-state index in [1.165, 1.54) is 0 Å². The van der Waals surface area contributed by atoms with Crippen molar-refractivity contribution in [2.24, 2.45) is 0 Å². The Kier molecular flexibility index (Phi) is 4.83. The van der Waals surface area contributed by atoms with E-state index in [1.807, 2.05) is 29.3 Å². The van der Waals surface area contributed by atoms with Crippen LogP contribution in [0.25, 0.3) is 10.9 Å². The van der Waals surface area contributed by atoms with Gasteiger partial charge in [0.1, 0.15) is 30.3 Å². The van der Waals surface area contributed by atoms with E-state index in [9.17, 15) is 19.2 Å². The van der Waals surface area contributed by atoms with Gasteiger partial charge in [0, 0.05) is 42.3 Å². The van der Waals surface area contributed by atoms with Crippen LogP contribution >= 0.6 is 0 Å². The average Bonchev–Trinajstić information content (AvgIpc) is 3.82. The number of nitrogens with zero attached hydrogens (tertiary/aromatic N) is 3. The summed E-state index contributed by atoms with van der Waals surface area (Å²) in [5, 5.41) is 7.61. The number of rotatable bonds is 3. The van der Waals surface area contributed by atoms with E-state index in [0.717, 1.165) is 59.0 Å². The van der Waals surface area contributed by atoms with Crippen molar-refractivity contribution in [2.45, 2.75) is 74.3 Å². The van der Waals surface area contributed by atoms with E-state index in [2.05, 4.69) is 39.9 Å². The molecule has 0 radical (unpaired) electrons. The summed E-state index contributed by atoms with van der Waals surface area (Å²) in [5.74, 6) is 0.0507. The Balaban J connectivity index is 1.10. The molecule has 0 unspecified atom stereocenters. The highest BCUT2D eigenvalue weighted by molar-refractivity contribution is 6.00. The molecular formula is C32H32N6O4. The Hall–Kier alpha value is -4.34. The molecule has 5 fully saturated rings. The number of fused-ring (bicyclic) bond motifs is 8. The van der Waals surface area contributed by atoms with Crippen LogP contribution in [0.2, 0.25) is 0 Å². The number of hydrogen-bond acceptors (Lipinski definition) is 5. The number of piperazine rings is 2. The molecule has 42 heavy (non-hydrogen) atoms. The molecule has 5 saturated heterocycles. The van der Waals surface area contributed by atoms with Crippen molar-refractivity contribution >= 4 is 40.2 Å². The van der Waals surface area contributed by atoms with Crippen LogP contribution in [0.3, 0.4) is 0 Å². The summed E-state index contributed by atoms with van der Waals surface area (Å²) < 4.78 is 0. The minimum Gasteiger partial charge on any atom is -0.364 e. The number of carbonyl (C=O) groups is 4. The van der Waals surface area contributed by atoms with Gasteiger partial charge < -0.3 is 30.3 Å². The highest BCUT2D eigenvalue weighted by Gasteiger charge is 2.65. The lowest BCUT2D eigenvalue weighted by atomic mass is 9.72. The lowest BCUT2D eigenvalue weighted by molar-refractivity contribution is -0.158. The predicted octanol–water partition coefficient (Wildman–Crippen LogP) is 1.84. The first kappa shape index (κ1) is 24.3. The van der Waals surface area contributed by atoms with Crippen LogP contribution in [0.1, 0.15) is 48.8 Å². The third kappa shape index (κ3) is 2.99. The number of anilines is 1. The maximum atomic E-state index is 13.8. The van der Waals surface area contributed by atoms with Gasteiger partial charge in [-0.15, -0.1) is 0 Å². The predicted molar refractivity (Wildman–Crippen MR) is 153 cm³/mol. The number of amides is 4. The zero-order chi connectivity index (χ0) is 28.3. The lowest BCUT2D eigenvalue weighted by Gasteiger charge is -2.41. The van der Waals surface area contributed by atoms with Gasteiger partial charge in [-0.25, -0.2) is 0 Å². The van der Waals surface area contributed by atoms with Crippen molar-refractivity contribution in [2.75, 3.05) is 18.4 Å². The molecule has 6 aliphatic heterocycles. The Morgan fingerprint density at radius 2 is 1.62 bits per heavy atom. The Morgan fingerprint density at radius 1 is 0.833 bits per heavy atom. The molecule has 6 aliphatic rings. The van der Waals surface area contributed by atoms with Gasteiger partial charge in [0.05, 0.1) is 5.41 Å². The van der Waals surface area contributed by atoms with Crippen LogP contribution in [-0.4, -0.2) is 86.7 Å². The van der Waals surface area contributed by atoms with Crippen molar-refractivity contribution in [1.29, 1.82) is 0 Å². The number of aromatic nitrogens is 1. The molecule has 9 rings (SSSR count). The molecule has 6 atom stereocenters. The van der Waals surface area contributed by atoms with Gasteiger partial charge in [-0.1, -0.05) is 30.3 Å². The smallest absolute Gasteiger partial charge is 0.247 e. The molecule has 214 valence electrons. The summed E-state index contributed by atoms with van der Waals surface area (Å²) >= 11 is 0. The normalized spacial score (nSPS) is 33.0. The van der Waals surface area contributed by atoms with E-state index >= 15 is 0 Å². The number of hydrogen-bond donors (Lipinski definition) is 3. The van der Waals surface area contributed by atoms with E-state index in [1.54, 1.807) is 9.80 Å². The number of carbonyl (C=O) groups excluding carboxylic acids is 4. The first-order valence-electron chi connectivity index (χ1n) is 15.2. The fourth-order valence-corrected chi connectivity index (χ4v) is 8.92. The quantitative estimate of drug-likeness (QED) is 0.449.